The number of thioether (sulfide) groups is 1. The Morgan fingerprint density at radius 1 is 1.00 bits per heavy atom. The van der Waals surface area contributed by atoms with Gasteiger partial charge in [-0.15, -0.1) is 11.8 Å². The predicted molar refractivity (Wildman–Crippen MR) is 103 cm³/mol. The molecule has 26 heavy (non-hydrogen) atoms. The largest absolute Gasteiger partial charge is 0.335 e. The van der Waals surface area contributed by atoms with E-state index in [-0.39, 0.29) is 11.7 Å². The van der Waals surface area contributed by atoms with E-state index >= 15 is 0 Å². The fourth-order valence-corrected chi connectivity index (χ4v) is 7.07. The van der Waals surface area contributed by atoms with Crippen molar-refractivity contribution in [3.8, 4) is 0 Å². The summed E-state index contributed by atoms with van der Waals surface area (Å²) in [4.78, 5) is 12.1. The van der Waals surface area contributed by atoms with Gasteiger partial charge < -0.3 is 9.47 Å². The smallest absolute Gasteiger partial charge is 0.201 e. The lowest BCUT2D eigenvalue weighted by Crippen LogP contribution is -2.70. The Morgan fingerprint density at radius 2 is 1.85 bits per heavy atom. The first kappa shape index (κ1) is 19.5. The van der Waals surface area contributed by atoms with Crippen LogP contribution < -0.4 is 0 Å². The molecule has 0 unspecified atom stereocenters. The fraction of sp³-hybridized carbons (Fsp3) is 1.00. The molecule has 4 saturated heterocycles. The molecule has 4 aliphatic heterocycles. The number of ether oxygens (including phenoxy) is 2. The van der Waals surface area contributed by atoms with Crippen molar-refractivity contribution in [1.29, 1.82) is 0 Å². The van der Waals surface area contributed by atoms with Crippen LogP contribution in [0.25, 0.3) is 0 Å². The zero-order valence-corrected chi connectivity index (χ0v) is 17.7. The lowest BCUT2D eigenvalue weighted by Gasteiger charge is -2.60. The predicted octanol–water partition coefficient (Wildman–Crippen LogP) is 5.51. The average Bonchev–Trinajstić information content (AvgIpc) is 2.85. The first-order valence-electron chi connectivity index (χ1n) is 10.8. The van der Waals surface area contributed by atoms with E-state index in [1.54, 1.807) is 0 Å². The molecule has 0 N–H and O–H groups in total. The van der Waals surface area contributed by atoms with Crippen molar-refractivity contribution in [2.45, 2.75) is 102 Å². The number of unbranched alkanes of at least 4 members (excludes halogenated alkanes) is 3. The quantitative estimate of drug-likeness (QED) is 0.446. The standard InChI is InChI=1S/C21H36O4S/c1-5-6-7-8-13-26-18-15(3)17-10-9-14(2)16-11-12-20(4)23-19(22-18)21(16,17)25-24-20/h14-19H,5-13H2,1-4H3/t14-,15-,16+,17+,18-,19-,20-,21-/m1/s1. The van der Waals surface area contributed by atoms with Crippen molar-refractivity contribution in [3.05, 3.63) is 0 Å². The van der Waals surface area contributed by atoms with E-state index in [4.69, 9.17) is 19.2 Å². The van der Waals surface area contributed by atoms with Gasteiger partial charge in [-0.2, -0.15) is 0 Å². The molecule has 4 nitrogen and oxygen atoms in total. The van der Waals surface area contributed by atoms with Crippen molar-refractivity contribution in [3.63, 3.8) is 0 Å². The van der Waals surface area contributed by atoms with Crippen molar-refractivity contribution in [2.75, 3.05) is 5.75 Å². The molecule has 0 radical (unpaired) electrons. The Morgan fingerprint density at radius 3 is 2.65 bits per heavy atom. The maximum absolute atomic E-state index is 6.60. The zero-order chi connectivity index (χ0) is 18.4. The third-order valence-electron chi connectivity index (χ3n) is 7.38. The molecule has 2 bridgehead atoms. The molecule has 150 valence electrons. The Bertz CT molecular complexity index is 502. The minimum Gasteiger partial charge on any atom is -0.335 e. The van der Waals surface area contributed by atoms with Crippen LogP contribution in [0.5, 0.6) is 0 Å². The summed E-state index contributed by atoms with van der Waals surface area (Å²) in [5, 5.41) is 0. The maximum atomic E-state index is 6.60. The highest BCUT2D eigenvalue weighted by atomic mass is 32.2. The minimum atomic E-state index is -0.658. The van der Waals surface area contributed by atoms with Crippen LogP contribution in [0.2, 0.25) is 0 Å². The van der Waals surface area contributed by atoms with Gasteiger partial charge in [0.05, 0.1) is 0 Å². The Kier molecular flexibility index (Phi) is 5.66. The van der Waals surface area contributed by atoms with Gasteiger partial charge in [-0.1, -0.05) is 40.0 Å². The van der Waals surface area contributed by atoms with Crippen molar-refractivity contribution in [1.82, 2.24) is 0 Å². The van der Waals surface area contributed by atoms with Crippen LogP contribution in [-0.4, -0.2) is 28.9 Å². The summed E-state index contributed by atoms with van der Waals surface area (Å²) in [6.07, 6.45) is 9.41. The van der Waals surface area contributed by atoms with Crippen molar-refractivity contribution in [2.24, 2.45) is 23.7 Å². The van der Waals surface area contributed by atoms with E-state index < -0.39 is 11.4 Å². The number of hydrogen-bond donors (Lipinski definition) is 0. The molecule has 1 aliphatic carbocycles. The molecule has 1 spiro atoms. The summed E-state index contributed by atoms with van der Waals surface area (Å²) in [5.41, 5.74) is -0.204. The summed E-state index contributed by atoms with van der Waals surface area (Å²) in [7, 11) is 0. The molecule has 5 aliphatic rings. The van der Waals surface area contributed by atoms with Gasteiger partial charge in [-0.3, -0.25) is 0 Å². The van der Waals surface area contributed by atoms with Crippen LogP contribution in [0.4, 0.5) is 0 Å². The summed E-state index contributed by atoms with van der Waals surface area (Å²) >= 11 is 1.99. The molecule has 4 heterocycles. The molecule has 8 atom stereocenters. The van der Waals surface area contributed by atoms with Gasteiger partial charge in [0.25, 0.3) is 0 Å². The lowest BCUT2D eigenvalue weighted by molar-refractivity contribution is -0.568. The highest BCUT2D eigenvalue weighted by Gasteiger charge is 2.69. The molecule has 0 aromatic heterocycles. The van der Waals surface area contributed by atoms with E-state index in [2.05, 4.69) is 20.8 Å². The van der Waals surface area contributed by atoms with Gasteiger partial charge in [0.1, 0.15) is 5.44 Å². The van der Waals surface area contributed by atoms with Gasteiger partial charge in [0.15, 0.2) is 11.9 Å². The Balaban J connectivity index is 1.53. The van der Waals surface area contributed by atoms with Gasteiger partial charge in [0.2, 0.25) is 5.79 Å². The maximum Gasteiger partial charge on any atom is 0.201 e. The highest BCUT2D eigenvalue weighted by molar-refractivity contribution is 7.99. The highest BCUT2D eigenvalue weighted by Crippen LogP contribution is 2.61. The van der Waals surface area contributed by atoms with Crippen LogP contribution in [0, 0.1) is 23.7 Å². The molecular weight excluding hydrogens is 348 g/mol. The molecule has 0 amide bonds. The van der Waals surface area contributed by atoms with E-state index in [1.165, 1.54) is 44.3 Å². The molecule has 5 rings (SSSR count). The fourth-order valence-electron chi connectivity index (χ4n) is 5.79. The van der Waals surface area contributed by atoms with Gasteiger partial charge in [0, 0.05) is 12.3 Å². The van der Waals surface area contributed by atoms with Crippen molar-refractivity contribution < 1.29 is 19.2 Å². The van der Waals surface area contributed by atoms with E-state index in [0.717, 1.165) is 12.8 Å². The lowest BCUT2D eigenvalue weighted by atomic mass is 9.58. The van der Waals surface area contributed by atoms with Crippen LogP contribution in [0.1, 0.15) is 79.1 Å². The Hall–Kier alpha value is 0.190. The summed E-state index contributed by atoms with van der Waals surface area (Å²) in [5.74, 6) is 2.54. The third kappa shape index (κ3) is 3.16. The molecule has 0 aromatic carbocycles. The van der Waals surface area contributed by atoms with Gasteiger partial charge >= 0.3 is 0 Å². The first-order valence-corrected chi connectivity index (χ1v) is 11.9. The summed E-state index contributed by atoms with van der Waals surface area (Å²) in [6, 6.07) is 0. The van der Waals surface area contributed by atoms with Crippen LogP contribution in [-0.2, 0) is 19.2 Å². The SMILES string of the molecule is CCCCCCS[C@H]1O[C@@H]2O[C@@]3(C)CC[C@H]4[C@H](C)CC[C@@H]([C@H]1C)[C@@]24OO3. The van der Waals surface area contributed by atoms with Gasteiger partial charge in [-0.25, -0.2) is 9.78 Å². The summed E-state index contributed by atoms with van der Waals surface area (Å²) in [6.45, 7) is 9.00. The second-order valence-electron chi connectivity index (χ2n) is 9.21. The Labute approximate surface area is 163 Å². The number of hydrogen-bond acceptors (Lipinski definition) is 5. The van der Waals surface area contributed by atoms with Crippen LogP contribution in [0.3, 0.4) is 0 Å². The molecule has 5 fully saturated rings. The first-order chi connectivity index (χ1) is 12.5. The number of rotatable bonds is 6. The van der Waals surface area contributed by atoms with Crippen LogP contribution in [0.15, 0.2) is 0 Å². The second-order valence-corrected chi connectivity index (χ2v) is 10.4. The molecule has 0 aromatic rings. The monoisotopic (exact) mass is 384 g/mol. The van der Waals surface area contributed by atoms with Crippen LogP contribution >= 0.6 is 11.8 Å². The third-order valence-corrected chi connectivity index (χ3v) is 8.77. The zero-order valence-electron chi connectivity index (χ0n) is 16.9. The van der Waals surface area contributed by atoms with Crippen molar-refractivity contribution >= 4 is 11.8 Å². The average molecular weight is 385 g/mol. The molecular formula is C21H36O4S. The molecule has 1 saturated carbocycles. The number of fused-ring (bicyclic) bond motifs is 2. The van der Waals surface area contributed by atoms with E-state index in [9.17, 15) is 0 Å². The minimum absolute atomic E-state index is 0.206. The topological polar surface area (TPSA) is 36.9 Å². The normalized spacial score (nSPS) is 50.3. The summed E-state index contributed by atoms with van der Waals surface area (Å²) < 4.78 is 13.0. The van der Waals surface area contributed by atoms with E-state index in [0.29, 0.717) is 23.7 Å². The van der Waals surface area contributed by atoms with E-state index in [1.807, 2.05) is 18.7 Å². The van der Waals surface area contributed by atoms with Gasteiger partial charge in [-0.05, 0) is 56.1 Å². The molecule has 5 heteroatoms. The second kappa shape index (κ2) is 7.55.